The van der Waals surface area contributed by atoms with E-state index in [1.807, 2.05) is 0 Å². The SMILES string of the molecule is CCCCn1nc(C)c(C(=O)Nc2ccc(C)c([N+](=O)[O-])c2)c1Cl. The maximum atomic E-state index is 12.5. The van der Waals surface area contributed by atoms with Crippen LogP contribution >= 0.6 is 11.6 Å². The first kappa shape index (κ1) is 17.9. The quantitative estimate of drug-likeness (QED) is 0.626. The van der Waals surface area contributed by atoms with Gasteiger partial charge < -0.3 is 5.32 Å². The summed E-state index contributed by atoms with van der Waals surface area (Å²) in [7, 11) is 0. The molecular formula is C16H19ClN4O3. The molecule has 128 valence electrons. The van der Waals surface area contributed by atoms with Crippen molar-refractivity contribution in [1.29, 1.82) is 0 Å². The lowest BCUT2D eigenvalue weighted by Gasteiger charge is -2.06. The van der Waals surface area contributed by atoms with Gasteiger partial charge in [0.05, 0.1) is 16.2 Å². The number of nitro groups is 1. The van der Waals surface area contributed by atoms with Crippen LogP contribution in [0.3, 0.4) is 0 Å². The molecule has 0 spiro atoms. The first-order valence-electron chi connectivity index (χ1n) is 7.64. The topological polar surface area (TPSA) is 90.1 Å². The molecule has 24 heavy (non-hydrogen) atoms. The molecule has 0 saturated heterocycles. The lowest BCUT2D eigenvalue weighted by atomic mass is 10.1. The van der Waals surface area contributed by atoms with Gasteiger partial charge in [0.1, 0.15) is 5.15 Å². The lowest BCUT2D eigenvalue weighted by molar-refractivity contribution is -0.385. The van der Waals surface area contributed by atoms with E-state index in [4.69, 9.17) is 11.6 Å². The molecule has 2 aromatic rings. The standard InChI is InChI=1S/C16H19ClN4O3/c1-4-5-8-20-15(17)14(11(3)19-20)16(22)18-12-7-6-10(2)13(9-12)21(23)24/h6-7,9H,4-5,8H2,1-3H3,(H,18,22). The van der Waals surface area contributed by atoms with Crippen LogP contribution in [0.2, 0.25) is 5.15 Å². The highest BCUT2D eigenvalue weighted by molar-refractivity contribution is 6.33. The molecule has 1 aromatic carbocycles. The van der Waals surface area contributed by atoms with Gasteiger partial charge in [-0.3, -0.25) is 19.6 Å². The molecule has 1 heterocycles. The maximum absolute atomic E-state index is 12.5. The van der Waals surface area contributed by atoms with Gasteiger partial charge in [-0.15, -0.1) is 0 Å². The van der Waals surface area contributed by atoms with Gasteiger partial charge in [0, 0.05) is 23.9 Å². The van der Waals surface area contributed by atoms with Crippen molar-refractivity contribution < 1.29 is 9.72 Å². The van der Waals surface area contributed by atoms with Crippen LogP contribution in [0.4, 0.5) is 11.4 Å². The highest BCUT2D eigenvalue weighted by atomic mass is 35.5. The van der Waals surface area contributed by atoms with E-state index in [2.05, 4.69) is 17.3 Å². The van der Waals surface area contributed by atoms with Gasteiger partial charge in [-0.25, -0.2) is 0 Å². The average Bonchev–Trinajstić information content (AvgIpc) is 2.81. The second-order valence-corrected chi connectivity index (χ2v) is 5.90. The number of nitrogens with zero attached hydrogens (tertiary/aromatic N) is 3. The molecule has 1 N–H and O–H groups in total. The predicted molar refractivity (Wildman–Crippen MR) is 92.7 cm³/mol. The van der Waals surface area contributed by atoms with Crippen LogP contribution in [0.5, 0.6) is 0 Å². The van der Waals surface area contributed by atoms with Crippen molar-refractivity contribution >= 4 is 28.9 Å². The number of hydrogen-bond donors (Lipinski definition) is 1. The third-order valence-electron chi connectivity index (χ3n) is 3.68. The summed E-state index contributed by atoms with van der Waals surface area (Å²) < 4.78 is 1.60. The minimum Gasteiger partial charge on any atom is -0.322 e. The number of benzene rings is 1. The fraction of sp³-hybridized carbons (Fsp3) is 0.375. The Balaban J connectivity index is 2.26. The summed E-state index contributed by atoms with van der Waals surface area (Å²) in [5.41, 5.74) is 1.63. The maximum Gasteiger partial charge on any atom is 0.274 e. The van der Waals surface area contributed by atoms with E-state index in [0.717, 1.165) is 12.8 Å². The molecule has 0 unspecified atom stereocenters. The Kier molecular flexibility index (Phi) is 5.56. The van der Waals surface area contributed by atoms with E-state index < -0.39 is 10.8 Å². The molecule has 0 aliphatic carbocycles. The molecule has 0 saturated carbocycles. The van der Waals surface area contributed by atoms with Gasteiger partial charge in [0.15, 0.2) is 0 Å². The van der Waals surface area contributed by atoms with Crippen molar-refractivity contribution in [3.05, 3.63) is 50.3 Å². The molecular weight excluding hydrogens is 332 g/mol. The molecule has 0 bridgehead atoms. The van der Waals surface area contributed by atoms with Crippen molar-refractivity contribution in [2.45, 2.75) is 40.2 Å². The highest BCUT2D eigenvalue weighted by Gasteiger charge is 2.21. The molecule has 0 aliphatic rings. The van der Waals surface area contributed by atoms with Gasteiger partial charge in [0.2, 0.25) is 0 Å². The largest absolute Gasteiger partial charge is 0.322 e. The number of hydrogen-bond acceptors (Lipinski definition) is 4. The average molecular weight is 351 g/mol. The second kappa shape index (κ2) is 7.44. The zero-order valence-corrected chi connectivity index (χ0v) is 14.6. The van der Waals surface area contributed by atoms with Gasteiger partial charge in [-0.2, -0.15) is 5.10 Å². The summed E-state index contributed by atoms with van der Waals surface area (Å²) in [6.07, 6.45) is 1.90. The minimum atomic E-state index is -0.480. The van der Waals surface area contributed by atoms with Crippen molar-refractivity contribution in [2.75, 3.05) is 5.32 Å². The van der Waals surface area contributed by atoms with Gasteiger partial charge in [0.25, 0.3) is 11.6 Å². The van der Waals surface area contributed by atoms with Crippen LogP contribution in [-0.4, -0.2) is 20.6 Å². The second-order valence-electron chi connectivity index (χ2n) is 5.54. The fourth-order valence-corrected chi connectivity index (χ4v) is 2.69. The summed E-state index contributed by atoms with van der Waals surface area (Å²) in [6, 6.07) is 4.54. The first-order chi connectivity index (χ1) is 11.3. The number of aromatic nitrogens is 2. The van der Waals surface area contributed by atoms with Crippen molar-refractivity contribution in [2.24, 2.45) is 0 Å². The first-order valence-corrected chi connectivity index (χ1v) is 8.02. The van der Waals surface area contributed by atoms with Crippen molar-refractivity contribution in [3.8, 4) is 0 Å². The molecule has 0 aliphatic heterocycles. The summed E-state index contributed by atoms with van der Waals surface area (Å²) in [5.74, 6) is -0.432. The number of rotatable bonds is 6. The van der Waals surface area contributed by atoms with Crippen molar-refractivity contribution in [3.63, 3.8) is 0 Å². The van der Waals surface area contributed by atoms with E-state index >= 15 is 0 Å². The normalized spacial score (nSPS) is 10.7. The van der Waals surface area contributed by atoms with Crippen molar-refractivity contribution in [1.82, 2.24) is 9.78 Å². The van der Waals surface area contributed by atoms with E-state index in [1.54, 1.807) is 30.7 Å². The van der Waals surface area contributed by atoms with Gasteiger partial charge in [-0.1, -0.05) is 31.0 Å². The number of carbonyl (C=O) groups excluding carboxylic acids is 1. The molecule has 8 heteroatoms. The lowest BCUT2D eigenvalue weighted by Crippen LogP contribution is -2.13. The molecule has 0 fully saturated rings. The monoisotopic (exact) mass is 350 g/mol. The molecule has 0 atom stereocenters. The van der Waals surface area contributed by atoms with E-state index in [-0.39, 0.29) is 16.4 Å². The zero-order chi connectivity index (χ0) is 17.9. The Morgan fingerprint density at radius 2 is 2.12 bits per heavy atom. The molecule has 7 nitrogen and oxygen atoms in total. The van der Waals surface area contributed by atoms with Crippen LogP contribution in [0.1, 0.15) is 41.4 Å². The van der Waals surface area contributed by atoms with Crippen LogP contribution in [-0.2, 0) is 6.54 Å². The highest BCUT2D eigenvalue weighted by Crippen LogP contribution is 2.25. The summed E-state index contributed by atoms with van der Waals surface area (Å²) in [5, 5.41) is 18.2. The number of aryl methyl sites for hydroxylation is 3. The summed E-state index contributed by atoms with van der Waals surface area (Å²) >= 11 is 6.26. The predicted octanol–water partition coefficient (Wildman–Crippen LogP) is 4.11. The van der Waals surface area contributed by atoms with E-state index in [1.165, 1.54) is 6.07 Å². The molecule has 1 aromatic heterocycles. The van der Waals surface area contributed by atoms with Crippen LogP contribution in [0.25, 0.3) is 0 Å². The van der Waals surface area contributed by atoms with Crippen LogP contribution in [0, 0.1) is 24.0 Å². The zero-order valence-electron chi connectivity index (χ0n) is 13.8. The molecule has 2 rings (SSSR count). The Bertz CT molecular complexity index is 786. The fourth-order valence-electron chi connectivity index (χ4n) is 2.34. The number of carbonyl (C=O) groups is 1. The molecule has 0 radical (unpaired) electrons. The third-order valence-corrected chi connectivity index (χ3v) is 4.06. The Labute approximate surface area is 144 Å². The van der Waals surface area contributed by atoms with Gasteiger partial charge >= 0.3 is 0 Å². The number of amides is 1. The van der Waals surface area contributed by atoms with E-state index in [0.29, 0.717) is 23.5 Å². The number of halogens is 1. The van der Waals surface area contributed by atoms with Crippen LogP contribution in [0.15, 0.2) is 18.2 Å². The molecule has 1 amide bonds. The number of nitro benzene ring substituents is 1. The number of nitrogens with one attached hydrogen (secondary N) is 1. The third kappa shape index (κ3) is 3.73. The van der Waals surface area contributed by atoms with Gasteiger partial charge in [-0.05, 0) is 26.3 Å². The Hall–Kier alpha value is -2.41. The Morgan fingerprint density at radius 3 is 2.75 bits per heavy atom. The minimum absolute atomic E-state index is 0.0470. The number of unbranched alkanes of at least 4 members (excludes halogenated alkanes) is 1. The van der Waals surface area contributed by atoms with Crippen LogP contribution < -0.4 is 5.32 Å². The summed E-state index contributed by atoms with van der Waals surface area (Å²) in [4.78, 5) is 23.0. The smallest absolute Gasteiger partial charge is 0.274 e. The number of anilines is 1. The Morgan fingerprint density at radius 1 is 1.42 bits per heavy atom. The summed E-state index contributed by atoms with van der Waals surface area (Å²) in [6.45, 7) is 6.05. The van der Waals surface area contributed by atoms with E-state index in [9.17, 15) is 14.9 Å².